The number of nitro groups is 1. The molecule has 0 saturated heterocycles. The molecule has 2 rings (SSSR count). The molecule has 1 saturated carbocycles. The van der Waals surface area contributed by atoms with E-state index in [0.717, 1.165) is 25.0 Å². The highest BCUT2D eigenvalue weighted by Crippen LogP contribution is 2.47. The lowest BCUT2D eigenvalue weighted by Gasteiger charge is -2.15. The molecule has 0 aliphatic heterocycles. The number of hydrogen-bond acceptors (Lipinski definition) is 4. The van der Waals surface area contributed by atoms with E-state index in [0.29, 0.717) is 12.6 Å². The summed E-state index contributed by atoms with van der Waals surface area (Å²) in [7, 11) is 0. The Morgan fingerprint density at radius 2 is 2.10 bits per heavy atom. The van der Waals surface area contributed by atoms with Gasteiger partial charge in [0.05, 0.1) is 10.5 Å². The summed E-state index contributed by atoms with van der Waals surface area (Å²) in [6.07, 6.45) is -0.610. The third-order valence-electron chi connectivity index (χ3n) is 3.36. The van der Waals surface area contributed by atoms with Crippen LogP contribution in [0.2, 0.25) is 0 Å². The van der Waals surface area contributed by atoms with Gasteiger partial charge in [0.2, 0.25) is 0 Å². The van der Waals surface area contributed by atoms with Gasteiger partial charge in [-0.2, -0.15) is 24.9 Å². The first kappa shape index (κ1) is 15.0. The topological polar surface area (TPSA) is 55.2 Å². The fourth-order valence-electron chi connectivity index (χ4n) is 1.86. The maximum absolute atomic E-state index is 12.6. The molecule has 1 fully saturated rings. The van der Waals surface area contributed by atoms with E-state index < -0.39 is 22.4 Å². The van der Waals surface area contributed by atoms with Crippen molar-refractivity contribution in [3.63, 3.8) is 0 Å². The number of benzene rings is 1. The van der Waals surface area contributed by atoms with E-state index in [1.807, 2.05) is 6.26 Å². The van der Waals surface area contributed by atoms with E-state index in [2.05, 4.69) is 5.32 Å². The monoisotopic (exact) mass is 306 g/mol. The van der Waals surface area contributed by atoms with Crippen molar-refractivity contribution in [3.8, 4) is 0 Å². The highest BCUT2D eigenvalue weighted by molar-refractivity contribution is 8.00. The Balaban J connectivity index is 2.22. The van der Waals surface area contributed by atoms with Crippen molar-refractivity contribution in [2.45, 2.75) is 23.8 Å². The molecule has 0 heterocycles. The molecule has 0 amide bonds. The average Bonchev–Trinajstić information content (AvgIpc) is 3.15. The number of rotatable bonds is 5. The molecule has 1 aromatic rings. The molecule has 1 aliphatic carbocycles. The van der Waals surface area contributed by atoms with Crippen LogP contribution >= 0.6 is 11.8 Å². The summed E-state index contributed by atoms with van der Waals surface area (Å²) in [4.78, 5) is 10.1. The molecule has 1 aromatic carbocycles. The van der Waals surface area contributed by atoms with Gasteiger partial charge in [0.25, 0.3) is 5.69 Å². The predicted molar refractivity (Wildman–Crippen MR) is 72.1 cm³/mol. The number of nitrogens with one attached hydrogen (secondary N) is 1. The van der Waals surface area contributed by atoms with Crippen molar-refractivity contribution in [3.05, 3.63) is 33.9 Å². The summed E-state index contributed by atoms with van der Waals surface area (Å²) < 4.78 is 37.7. The second-order valence-corrected chi connectivity index (χ2v) is 6.00. The molecule has 20 heavy (non-hydrogen) atoms. The summed E-state index contributed by atoms with van der Waals surface area (Å²) in [6.45, 7) is 0.514. The minimum atomic E-state index is -4.58. The van der Waals surface area contributed by atoms with E-state index in [1.54, 1.807) is 11.8 Å². The summed E-state index contributed by atoms with van der Waals surface area (Å²) in [5, 5.41) is 13.8. The summed E-state index contributed by atoms with van der Waals surface area (Å²) >= 11 is 1.67. The minimum Gasteiger partial charge on any atom is -0.378 e. The van der Waals surface area contributed by atoms with E-state index in [9.17, 15) is 23.3 Å². The maximum atomic E-state index is 12.6. The lowest BCUT2D eigenvalue weighted by Crippen LogP contribution is -2.18. The Kier molecular flexibility index (Phi) is 3.86. The Bertz CT molecular complexity index is 530. The van der Waals surface area contributed by atoms with E-state index in [4.69, 9.17) is 0 Å². The van der Waals surface area contributed by atoms with Crippen molar-refractivity contribution in [1.29, 1.82) is 0 Å². The number of hydrogen-bond donors (Lipinski definition) is 1. The highest BCUT2D eigenvalue weighted by atomic mass is 32.2. The van der Waals surface area contributed by atoms with Gasteiger partial charge in [0.15, 0.2) is 0 Å². The van der Waals surface area contributed by atoms with Crippen molar-refractivity contribution in [1.82, 2.24) is 0 Å². The number of thioether (sulfide) groups is 1. The fourth-order valence-corrected chi connectivity index (χ4v) is 2.58. The largest absolute Gasteiger partial charge is 0.416 e. The zero-order chi connectivity index (χ0) is 15.0. The number of nitrogens with zero attached hydrogens (tertiary/aromatic N) is 1. The van der Waals surface area contributed by atoms with Gasteiger partial charge in [-0.3, -0.25) is 10.1 Å². The number of halogens is 3. The average molecular weight is 306 g/mol. The second kappa shape index (κ2) is 5.16. The Hall–Kier alpha value is -1.44. The van der Waals surface area contributed by atoms with E-state index in [-0.39, 0.29) is 10.4 Å². The second-order valence-electron chi connectivity index (χ2n) is 4.73. The number of alkyl halides is 3. The minimum absolute atomic E-state index is 0.0660. The van der Waals surface area contributed by atoms with E-state index >= 15 is 0 Å². The van der Waals surface area contributed by atoms with Gasteiger partial charge in [-0.15, -0.1) is 0 Å². The predicted octanol–water partition coefficient (Wildman–Crippen LogP) is 3.92. The van der Waals surface area contributed by atoms with Gasteiger partial charge in [-0.25, -0.2) is 0 Å². The summed E-state index contributed by atoms with van der Waals surface area (Å²) in [5.74, 6) is 0. The highest BCUT2D eigenvalue weighted by Gasteiger charge is 2.42. The number of nitro benzene ring substituents is 1. The van der Waals surface area contributed by atoms with Crippen molar-refractivity contribution < 1.29 is 18.1 Å². The smallest absolute Gasteiger partial charge is 0.378 e. The Labute approximate surface area is 117 Å². The SMILES string of the molecule is CSC1(CNc2ccc(C(F)(F)F)cc2[N+](=O)[O-])CC1. The molecule has 110 valence electrons. The quantitative estimate of drug-likeness (QED) is 0.661. The molecule has 0 bridgehead atoms. The van der Waals surface area contributed by atoms with Crippen LogP contribution in [0, 0.1) is 10.1 Å². The molecule has 0 unspecified atom stereocenters. The van der Waals surface area contributed by atoms with Crippen LogP contribution in [0.3, 0.4) is 0 Å². The van der Waals surface area contributed by atoms with Gasteiger partial charge in [-0.05, 0) is 31.2 Å². The lowest BCUT2D eigenvalue weighted by molar-refractivity contribution is -0.384. The Morgan fingerprint density at radius 3 is 2.55 bits per heavy atom. The van der Waals surface area contributed by atoms with Gasteiger partial charge >= 0.3 is 6.18 Å². The molecular formula is C12H13F3N2O2S. The fraction of sp³-hybridized carbons (Fsp3) is 0.500. The first-order valence-electron chi connectivity index (χ1n) is 5.92. The maximum Gasteiger partial charge on any atom is 0.416 e. The third kappa shape index (κ3) is 3.17. The van der Waals surface area contributed by atoms with Crippen molar-refractivity contribution in [2.24, 2.45) is 0 Å². The van der Waals surface area contributed by atoms with Crippen LogP contribution in [0.1, 0.15) is 18.4 Å². The van der Waals surface area contributed by atoms with Gasteiger partial charge < -0.3 is 5.32 Å². The van der Waals surface area contributed by atoms with Crippen LogP contribution in [0.25, 0.3) is 0 Å². The van der Waals surface area contributed by atoms with Crippen LogP contribution in [-0.2, 0) is 6.18 Å². The number of anilines is 1. The molecule has 0 radical (unpaired) electrons. The summed E-state index contributed by atoms with van der Waals surface area (Å²) in [5.41, 5.74) is -1.43. The first-order chi connectivity index (χ1) is 9.27. The third-order valence-corrected chi connectivity index (χ3v) is 4.78. The van der Waals surface area contributed by atoms with Crippen molar-refractivity contribution >= 4 is 23.1 Å². The summed E-state index contributed by atoms with van der Waals surface area (Å²) in [6, 6.07) is 2.55. The standard InChI is InChI=1S/C12H13F3N2O2S/c1-20-11(4-5-11)7-16-9-3-2-8(12(13,14)15)6-10(9)17(18)19/h2-3,6,16H,4-5,7H2,1H3. The van der Waals surface area contributed by atoms with Gasteiger partial charge in [-0.1, -0.05) is 0 Å². The van der Waals surface area contributed by atoms with E-state index in [1.165, 1.54) is 0 Å². The van der Waals surface area contributed by atoms with Crippen LogP contribution in [0.15, 0.2) is 18.2 Å². The van der Waals surface area contributed by atoms with Crippen LogP contribution in [-0.4, -0.2) is 22.5 Å². The normalized spacial score (nSPS) is 16.8. The molecular weight excluding hydrogens is 293 g/mol. The molecule has 8 heteroatoms. The first-order valence-corrected chi connectivity index (χ1v) is 7.15. The van der Waals surface area contributed by atoms with Crippen LogP contribution in [0.4, 0.5) is 24.5 Å². The molecule has 0 aromatic heterocycles. The zero-order valence-electron chi connectivity index (χ0n) is 10.7. The Morgan fingerprint density at radius 1 is 1.45 bits per heavy atom. The molecule has 0 atom stereocenters. The molecule has 4 nitrogen and oxygen atoms in total. The lowest BCUT2D eigenvalue weighted by atomic mass is 10.1. The van der Waals surface area contributed by atoms with Gasteiger partial charge in [0, 0.05) is 17.4 Å². The molecule has 1 N–H and O–H groups in total. The molecule has 0 spiro atoms. The van der Waals surface area contributed by atoms with Crippen LogP contribution < -0.4 is 5.32 Å². The molecule has 1 aliphatic rings. The van der Waals surface area contributed by atoms with Gasteiger partial charge in [0.1, 0.15) is 5.69 Å². The van der Waals surface area contributed by atoms with Crippen molar-refractivity contribution in [2.75, 3.05) is 18.1 Å². The van der Waals surface area contributed by atoms with Crippen LogP contribution in [0.5, 0.6) is 0 Å². The zero-order valence-corrected chi connectivity index (χ0v) is 11.5.